The molecule has 1 saturated heterocycles. The zero-order chi connectivity index (χ0) is 27.8. The van der Waals surface area contributed by atoms with Crippen LogP contribution in [0.2, 0.25) is 0 Å². The van der Waals surface area contributed by atoms with Crippen LogP contribution in [0.4, 0.5) is 4.79 Å². The number of fused-ring (bicyclic) bond motifs is 1. The van der Waals surface area contributed by atoms with E-state index in [2.05, 4.69) is 4.72 Å². The van der Waals surface area contributed by atoms with Gasteiger partial charge in [0.1, 0.15) is 18.2 Å². The molecule has 1 N–H and O–H groups in total. The largest absolute Gasteiger partial charge is 0.476 e. The first-order chi connectivity index (χ1) is 18.7. The molecule has 3 aromatic carbocycles. The van der Waals surface area contributed by atoms with Gasteiger partial charge < -0.3 is 4.74 Å². The summed E-state index contributed by atoms with van der Waals surface area (Å²) in [7, 11) is -8.86. The Labute approximate surface area is 226 Å². The Bertz CT molecular complexity index is 1640. The molecule has 0 aliphatic carbocycles. The molecule has 2 aliphatic heterocycles. The minimum absolute atomic E-state index is 0.0144. The van der Waals surface area contributed by atoms with Gasteiger partial charge in [-0.1, -0.05) is 73.7 Å². The number of rotatable bonds is 7. The summed E-state index contributed by atoms with van der Waals surface area (Å²) in [5, 5.41) is 0. The SMILES string of the molecule is CC[C@@H]1COC2=C(C(=O)NS(=O)(=O)c3ccccc3)[C@@H](c3ccccc3)N(S(=O)(=O)c3ccccc3)C(=O)N21. The highest BCUT2D eigenvalue weighted by Crippen LogP contribution is 2.44. The quantitative estimate of drug-likeness (QED) is 0.463. The van der Waals surface area contributed by atoms with Crippen LogP contribution in [0.25, 0.3) is 0 Å². The Kier molecular flexibility index (Phi) is 6.91. The molecule has 2 atom stereocenters. The minimum atomic E-state index is -4.52. The predicted octanol–water partition coefficient (Wildman–Crippen LogP) is 3.38. The van der Waals surface area contributed by atoms with Crippen LogP contribution >= 0.6 is 0 Å². The van der Waals surface area contributed by atoms with E-state index in [-0.39, 0.29) is 33.4 Å². The van der Waals surface area contributed by atoms with Crippen molar-refractivity contribution in [2.24, 2.45) is 0 Å². The molecule has 1 fully saturated rings. The van der Waals surface area contributed by atoms with Gasteiger partial charge in [0.05, 0.1) is 15.8 Å². The average molecular weight is 568 g/mol. The van der Waals surface area contributed by atoms with Gasteiger partial charge in [-0.3, -0.25) is 9.69 Å². The zero-order valence-corrected chi connectivity index (χ0v) is 22.4. The van der Waals surface area contributed by atoms with Crippen molar-refractivity contribution in [3.8, 4) is 0 Å². The van der Waals surface area contributed by atoms with E-state index in [1.807, 2.05) is 0 Å². The number of carbonyl (C=O) groups is 2. The van der Waals surface area contributed by atoms with Gasteiger partial charge in [-0.15, -0.1) is 0 Å². The van der Waals surface area contributed by atoms with Crippen molar-refractivity contribution in [2.75, 3.05) is 6.61 Å². The second-order valence-electron chi connectivity index (χ2n) is 8.92. The Morgan fingerprint density at radius 2 is 1.41 bits per heavy atom. The first-order valence-electron chi connectivity index (χ1n) is 12.1. The third-order valence-electron chi connectivity index (χ3n) is 6.54. The molecule has 10 nitrogen and oxygen atoms in total. The number of nitrogens with zero attached hydrogens (tertiary/aromatic N) is 2. The molecule has 12 heteroatoms. The third kappa shape index (κ3) is 4.66. The number of ether oxygens (including phenoxy) is 1. The highest BCUT2D eigenvalue weighted by Gasteiger charge is 2.53. The molecule has 0 saturated carbocycles. The Morgan fingerprint density at radius 1 is 0.872 bits per heavy atom. The van der Waals surface area contributed by atoms with E-state index < -0.39 is 44.1 Å². The highest BCUT2D eigenvalue weighted by atomic mass is 32.2. The van der Waals surface area contributed by atoms with Gasteiger partial charge in [-0.25, -0.2) is 30.7 Å². The fourth-order valence-electron chi connectivity index (χ4n) is 4.63. The molecule has 39 heavy (non-hydrogen) atoms. The summed E-state index contributed by atoms with van der Waals surface area (Å²) < 4.78 is 62.7. The molecule has 0 bridgehead atoms. The Hall–Kier alpha value is -4.16. The summed E-state index contributed by atoms with van der Waals surface area (Å²) in [6, 6.07) is 19.8. The lowest BCUT2D eigenvalue weighted by Crippen LogP contribution is -2.55. The monoisotopic (exact) mass is 567 g/mol. The summed E-state index contributed by atoms with van der Waals surface area (Å²) in [5.74, 6) is -1.27. The van der Waals surface area contributed by atoms with Gasteiger partial charge in [0.25, 0.3) is 26.0 Å². The number of carbonyl (C=O) groups excluding carboxylic acids is 2. The van der Waals surface area contributed by atoms with E-state index >= 15 is 0 Å². The minimum Gasteiger partial charge on any atom is -0.476 e. The van der Waals surface area contributed by atoms with Crippen LogP contribution in [0.3, 0.4) is 0 Å². The topological polar surface area (TPSA) is 130 Å². The molecule has 0 aromatic heterocycles. The zero-order valence-electron chi connectivity index (χ0n) is 20.8. The molecule has 3 aromatic rings. The van der Waals surface area contributed by atoms with E-state index in [1.54, 1.807) is 49.4 Å². The molecular formula is C27H25N3O7S2. The van der Waals surface area contributed by atoms with E-state index in [4.69, 9.17) is 4.74 Å². The molecule has 5 rings (SSSR count). The van der Waals surface area contributed by atoms with Crippen molar-refractivity contribution in [2.45, 2.75) is 35.2 Å². The van der Waals surface area contributed by atoms with Gasteiger partial charge >= 0.3 is 6.03 Å². The second-order valence-corrected chi connectivity index (χ2v) is 12.4. The Morgan fingerprint density at radius 3 is 1.97 bits per heavy atom. The predicted molar refractivity (Wildman–Crippen MR) is 141 cm³/mol. The first kappa shape index (κ1) is 26.4. The van der Waals surface area contributed by atoms with Crippen molar-refractivity contribution >= 4 is 32.0 Å². The van der Waals surface area contributed by atoms with Gasteiger partial charge in [0.15, 0.2) is 0 Å². The molecule has 3 amide bonds. The Balaban J connectivity index is 1.72. The second kappa shape index (κ2) is 10.2. The molecule has 0 spiro atoms. The third-order valence-corrected chi connectivity index (χ3v) is 9.64. The number of nitrogens with one attached hydrogen (secondary N) is 1. The molecular weight excluding hydrogens is 542 g/mol. The van der Waals surface area contributed by atoms with E-state index in [9.17, 15) is 26.4 Å². The standard InChI is InChI=1S/C27H25N3O7S2/c1-2-20-18-37-26-23(25(31)28-38(33,34)21-14-8-4-9-15-21)24(19-12-6-3-7-13-19)30(27(32)29(20)26)39(35,36)22-16-10-5-11-17-22/h3-17,20,24H,2,18H2,1H3,(H,28,31)/t20-,24-/m1/s1. The number of hydrogen-bond acceptors (Lipinski definition) is 7. The first-order valence-corrected chi connectivity index (χ1v) is 15.1. The van der Waals surface area contributed by atoms with Crippen LogP contribution < -0.4 is 4.72 Å². The number of amides is 3. The van der Waals surface area contributed by atoms with Crippen molar-refractivity contribution in [3.63, 3.8) is 0 Å². The molecule has 0 unspecified atom stereocenters. The van der Waals surface area contributed by atoms with Crippen LogP contribution in [0.15, 0.2) is 112 Å². The molecule has 0 radical (unpaired) electrons. The molecule has 2 heterocycles. The number of urea groups is 1. The number of benzene rings is 3. The lowest BCUT2D eigenvalue weighted by molar-refractivity contribution is -0.116. The lowest BCUT2D eigenvalue weighted by atomic mass is 9.96. The van der Waals surface area contributed by atoms with E-state index in [0.717, 1.165) is 4.90 Å². The summed E-state index contributed by atoms with van der Waals surface area (Å²) in [6.45, 7) is 1.81. The van der Waals surface area contributed by atoms with E-state index in [1.165, 1.54) is 48.5 Å². The van der Waals surface area contributed by atoms with Gasteiger partial charge in [-0.2, -0.15) is 0 Å². The lowest BCUT2D eigenvalue weighted by Gasteiger charge is -2.40. The summed E-state index contributed by atoms with van der Waals surface area (Å²) in [4.78, 5) is 28.6. The maximum atomic E-state index is 14.0. The average Bonchev–Trinajstić information content (AvgIpc) is 3.38. The fraction of sp³-hybridized carbons (Fsp3) is 0.185. The van der Waals surface area contributed by atoms with Crippen molar-refractivity contribution < 1.29 is 31.2 Å². The summed E-state index contributed by atoms with van der Waals surface area (Å²) in [5.41, 5.74) is -0.0286. The highest BCUT2D eigenvalue weighted by molar-refractivity contribution is 7.90. The fourth-order valence-corrected chi connectivity index (χ4v) is 7.14. The van der Waals surface area contributed by atoms with Gasteiger partial charge in [0.2, 0.25) is 5.88 Å². The van der Waals surface area contributed by atoms with Gasteiger partial charge in [-0.05, 0) is 36.2 Å². The van der Waals surface area contributed by atoms with Crippen LogP contribution in [-0.4, -0.2) is 50.6 Å². The van der Waals surface area contributed by atoms with Gasteiger partial charge in [0, 0.05) is 0 Å². The van der Waals surface area contributed by atoms with Crippen molar-refractivity contribution in [1.29, 1.82) is 0 Å². The number of sulfonamides is 2. The smallest absolute Gasteiger partial charge is 0.342 e. The maximum Gasteiger partial charge on any atom is 0.342 e. The van der Waals surface area contributed by atoms with Crippen LogP contribution in [-0.2, 0) is 29.6 Å². The van der Waals surface area contributed by atoms with Crippen LogP contribution in [0, 0.1) is 0 Å². The van der Waals surface area contributed by atoms with Crippen LogP contribution in [0.5, 0.6) is 0 Å². The van der Waals surface area contributed by atoms with Crippen molar-refractivity contribution in [1.82, 2.24) is 13.9 Å². The van der Waals surface area contributed by atoms with Crippen LogP contribution in [0.1, 0.15) is 24.9 Å². The maximum absolute atomic E-state index is 14.0. The summed E-state index contributed by atoms with van der Waals surface area (Å²) >= 11 is 0. The number of hydrogen-bond donors (Lipinski definition) is 1. The van der Waals surface area contributed by atoms with Crippen molar-refractivity contribution in [3.05, 3.63) is 108 Å². The van der Waals surface area contributed by atoms with E-state index in [0.29, 0.717) is 10.7 Å². The molecule has 202 valence electrons. The summed E-state index contributed by atoms with van der Waals surface area (Å²) in [6.07, 6.45) is 0.404. The molecule has 2 aliphatic rings. The normalized spacial score (nSPS) is 19.5.